The molecule has 0 bridgehead atoms. The van der Waals surface area contributed by atoms with Crippen LogP contribution in [0.25, 0.3) is 0 Å². The van der Waals surface area contributed by atoms with E-state index in [4.69, 9.17) is 4.42 Å². The second kappa shape index (κ2) is 5.98. The molecule has 2 rings (SSSR count). The SMILES string of the molecule is CCc1nc(C(=O)N(Cc2ccco2)CC(F)(F)F)n[nH]1. The van der Waals surface area contributed by atoms with E-state index in [2.05, 4.69) is 15.2 Å². The largest absolute Gasteiger partial charge is 0.467 e. The van der Waals surface area contributed by atoms with Crippen molar-refractivity contribution >= 4 is 5.91 Å². The van der Waals surface area contributed by atoms with Gasteiger partial charge in [-0.05, 0) is 12.1 Å². The smallest absolute Gasteiger partial charge is 0.406 e. The van der Waals surface area contributed by atoms with E-state index < -0.39 is 18.6 Å². The lowest BCUT2D eigenvalue weighted by Crippen LogP contribution is -2.39. The van der Waals surface area contributed by atoms with E-state index in [9.17, 15) is 18.0 Å². The van der Waals surface area contributed by atoms with Crippen molar-refractivity contribution in [1.29, 1.82) is 0 Å². The summed E-state index contributed by atoms with van der Waals surface area (Å²) in [7, 11) is 0. The van der Waals surface area contributed by atoms with Crippen LogP contribution in [-0.4, -0.2) is 38.7 Å². The number of nitrogens with one attached hydrogen (secondary N) is 1. The molecule has 0 unspecified atom stereocenters. The molecule has 0 aliphatic carbocycles. The molecule has 0 fully saturated rings. The molecule has 1 amide bonds. The van der Waals surface area contributed by atoms with Gasteiger partial charge < -0.3 is 9.32 Å². The monoisotopic (exact) mass is 302 g/mol. The number of aryl methyl sites for hydroxylation is 1. The first-order valence-corrected chi connectivity index (χ1v) is 6.18. The topological polar surface area (TPSA) is 75.0 Å². The van der Waals surface area contributed by atoms with E-state index >= 15 is 0 Å². The zero-order chi connectivity index (χ0) is 15.5. The molecule has 9 heteroatoms. The van der Waals surface area contributed by atoms with Gasteiger partial charge in [0.1, 0.15) is 18.1 Å². The number of amides is 1. The van der Waals surface area contributed by atoms with Crippen LogP contribution in [0.4, 0.5) is 13.2 Å². The third-order valence-electron chi connectivity index (χ3n) is 2.64. The van der Waals surface area contributed by atoms with Gasteiger partial charge in [0.15, 0.2) is 0 Å². The highest BCUT2D eigenvalue weighted by Gasteiger charge is 2.35. The molecule has 114 valence electrons. The molecule has 0 saturated carbocycles. The van der Waals surface area contributed by atoms with Gasteiger partial charge >= 0.3 is 6.18 Å². The molecule has 0 aliphatic heterocycles. The van der Waals surface area contributed by atoms with Gasteiger partial charge in [-0.15, -0.1) is 5.10 Å². The predicted octanol–water partition coefficient (Wildman–Crippen LogP) is 2.16. The van der Waals surface area contributed by atoms with Crippen molar-refractivity contribution in [2.75, 3.05) is 6.54 Å². The maximum absolute atomic E-state index is 12.6. The van der Waals surface area contributed by atoms with Crippen molar-refractivity contribution in [3.05, 3.63) is 35.8 Å². The first-order valence-electron chi connectivity index (χ1n) is 6.18. The minimum atomic E-state index is -4.52. The predicted molar refractivity (Wildman–Crippen MR) is 65.3 cm³/mol. The fourth-order valence-electron chi connectivity index (χ4n) is 1.70. The van der Waals surface area contributed by atoms with Gasteiger partial charge in [-0.3, -0.25) is 9.89 Å². The van der Waals surface area contributed by atoms with Crippen LogP contribution in [0, 0.1) is 0 Å². The van der Waals surface area contributed by atoms with E-state index in [1.165, 1.54) is 18.4 Å². The normalized spacial score (nSPS) is 11.6. The number of nitrogens with zero attached hydrogens (tertiary/aromatic N) is 3. The molecule has 2 aromatic heterocycles. The Kier molecular flexibility index (Phi) is 4.29. The standard InChI is InChI=1S/C12H13F3N4O2/c1-2-9-16-10(18-17-9)11(20)19(7-12(13,14)15)6-8-4-3-5-21-8/h3-5H,2,6-7H2,1H3,(H,16,17,18). The van der Waals surface area contributed by atoms with Crippen molar-refractivity contribution in [2.24, 2.45) is 0 Å². The number of H-pyrrole nitrogens is 1. The number of hydrogen-bond acceptors (Lipinski definition) is 4. The maximum Gasteiger partial charge on any atom is 0.406 e. The van der Waals surface area contributed by atoms with E-state index in [1.807, 2.05) is 0 Å². The number of aromatic amines is 1. The lowest BCUT2D eigenvalue weighted by Gasteiger charge is -2.21. The van der Waals surface area contributed by atoms with Crippen LogP contribution in [0.1, 0.15) is 29.1 Å². The maximum atomic E-state index is 12.6. The summed E-state index contributed by atoms with van der Waals surface area (Å²) in [6.45, 7) is 0.0783. The quantitative estimate of drug-likeness (QED) is 0.918. The van der Waals surface area contributed by atoms with Crippen LogP contribution in [0.3, 0.4) is 0 Å². The Morgan fingerprint density at radius 3 is 2.76 bits per heavy atom. The summed E-state index contributed by atoms with van der Waals surface area (Å²) in [5, 5.41) is 6.14. The van der Waals surface area contributed by atoms with Gasteiger partial charge in [0.25, 0.3) is 5.91 Å². The summed E-state index contributed by atoms with van der Waals surface area (Å²) < 4.78 is 42.8. The molecule has 0 atom stereocenters. The lowest BCUT2D eigenvalue weighted by molar-refractivity contribution is -0.142. The summed E-state index contributed by atoms with van der Waals surface area (Å²) in [6.07, 6.45) is -2.70. The molecule has 21 heavy (non-hydrogen) atoms. The summed E-state index contributed by atoms with van der Waals surface area (Å²) in [5.74, 6) is -0.510. The van der Waals surface area contributed by atoms with E-state index in [-0.39, 0.29) is 18.1 Å². The Hall–Kier alpha value is -2.32. The fourth-order valence-corrected chi connectivity index (χ4v) is 1.70. The van der Waals surface area contributed by atoms with Crippen molar-refractivity contribution in [3.8, 4) is 0 Å². The van der Waals surface area contributed by atoms with Crippen LogP contribution in [0.2, 0.25) is 0 Å². The molecule has 0 aliphatic rings. The van der Waals surface area contributed by atoms with E-state index in [1.54, 1.807) is 6.92 Å². The summed E-state index contributed by atoms with van der Waals surface area (Å²) in [6, 6.07) is 3.03. The molecular formula is C12H13F3N4O2. The number of carbonyl (C=O) groups excluding carboxylic acids is 1. The number of alkyl halides is 3. The molecule has 2 aromatic rings. The van der Waals surface area contributed by atoms with Crippen LogP contribution in [0.5, 0.6) is 0 Å². The molecule has 1 N–H and O–H groups in total. The Labute approximate surface area is 118 Å². The highest BCUT2D eigenvalue weighted by molar-refractivity contribution is 5.90. The zero-order valence-electron chi connectivity index (χ0n) is 11.1. The number of carbonyl (C=O) groups is 1. The van der Waals surface area contributed by atoms with Crippen LogP contribution in [-0.2, 0) is 13.0 Å². The van der Waals surface area contributed by atoms with Gasteiger partial charge in [0, 0.05) is 6.42 Å². The average molecular weight is 302 g/mol. The van der Waals surface area contributed by atoms with Gasteiger partial charge in [0.05, 0.1) is 12.8 Å². The van der Waals surface area contributed by atoms with Crippen molar-refractivity contribution in [1.82, 2.24) is 20.1 Å². The number of aromatic nitrogens is 3. The summed E-state index contributed by atoms with van der Waals surface area (Å²) >= 11 is 0. The zero-order valence-corrected chi connectivity index (χ0v) is 11.1. The average Bonchev–Trinajstić information content (AvgIpc) is 3.06. The number of hydrogen-bond donors (Lipinski definition) is 1. The molecule has 0 radical (unpaired) electrons. The highest BCUT2D eigenvalue weighted by Crippen LogP contribution is 2.19. The molecule has 0 saturated heterocycles. The van der Waals surface area contributed by atoms with Gasteiger partial charge in [-0.1, -0.05) is 6.92 Å². The number of rotatable bonds is 5. The lowest BCUT2D eigenvalue weighted by atomic mass is 10.3. The van der Waals surface area contributed by atoms with Crippen LogP contribution >= 0.6 is 0 Å². The Bertz CT molecular complexity index is 592. The van der Waals surface area contributed by atoms with Crippen molar-refractivity contribution in [3.63, 3.8) is 0 Å². The van der Waals surface area contributed by atoms with Gasteiger partial charge in [0.2, 0.25) is 5.82 Å². The highest BCUT2D eigenvalue weighted by atomic mass is 19.4. The molecule has 0 spiro atoms. The Morgan fingerprint density at radius 2 is 2.24 bits per heavy atom. The molecule has 6 nitrogen and oxygen atoms in total. The molecule has 2 heterocycles. The molecule has 0 aromatic carbocycles. The fraction of sp³-hybridized carbons (Fsp3) is 0.417. The number of halogens is 3. The first kappa shape index (κ1) is 15.1. The summed E-state index contributed by atoms with van der Waals surface area (Å²) in [5.41, 5.74) is 0. The van der Waals surface area contributed by atoms with Gasteiger partial charge in [-0.25, -0.2) is 4.98 Å². The first-order chi connectivity index (χ1) is 9.89. The van der Waals surface area contributed by atoms with Crippen molar-refractivity contribution in [2.45, 2.75) is 26.1 Å². The molecular weight excluding hydrogens is 289 g/mol. The van der Waals surface area contributed by atoms with Gasteiger partial charge in [-0.2, -0.15) is 13.2 Å². The second-order valence-electron chi connectivity index (χ2n) is 4.32. The minimum Gasteiger partial charge on any atom is -0.467 e. The Balaban J connectivity index is 2.19. The minimum absolute atomic E-state index is 0.249. The van der Waals surface area contributed by atoms with E-state index in [0.29, 0.717) is 17.1 Å². The third kappa shape index (κ3) is 4.07. The second-order valence-corrected chi connectivity index (χ2v) is 4.32. The van der Waals surface area contributed by atoms with Crippen molar-refractivity contribution < 1.29 is 22.4 Å². The summed E-state index contributed by atoms with van der Waals surface area (Å²) in [4.78, 5) is 16.6. The van der Waals surface area contributed by atoms with E-state index in [0.717, 1.165) is 0 Å². The third-order valence-corrected chi connectivity index (χ3v) is 2.64. The van der Waals surface area contributed by atoms with Crippen LogP contribution < -0.4 is 0 Å². The number of furan rings is 1. The Morgan fingerprint density at radius 1 is 1.48 bits per heavy atom. The van der Waals surface area contributed by atoms with Crippen LogP contribution in [0.15, 0.2) is 22.8 Å².